The van der Waals surface area contributed by atoms with E-state index in [2.05, 4.69) is 26.9 Å². The number of carbonyl (C=O) groups excluding carboxylic acids is 1. The normalized spacial score (nSPS) is 13.4. The molecule has 0 bridgehead atoms. The topological polar surface area (TPSA) is 91.2 Å². The van der Waals surface area contributed by atoms with Gasteiger partial charge in [-0.25, -0.2) is 0 Å². The number of aryl methyl sites for hydroxylation is 2. The van der Waals surface area contributed by atoms with Crippen LogP contribution in [-0.2, 0) is 4.79 Å². The fourth-order valence-corrected chi connectivity index (χ4v) is 3.68. The lowest BCUT2D eigenvalue weighted by atomic mass is 10.1. The Morgan fingerprint density at radius 2 is 2.00 bits per heavy atom. The number of benzene rings is 2. The van der Waals surface area contributed by atoms with Crippen LogP contribution in [0, 0.1) is 13.8 Å². The molecule has 1 aliphatic rings. The maximum absolute atomic E-state index is 12.6. The molecule has 0 aliphatic carbocycles. The van der Waals surface area contributed by atoms with Crippen LogP contribution in [0.5, 0.6) is 11.5 Å². The zero-order valence-electron chi connectivity index (χ0n) is 15.7. The van der Waals surface area contributed by atoms with E-state index >= 15 is 0 Å². The predicted octanol–water partition coefficient (Wildman–Crippen LogP) is 3.13. The molecular formula is C19H19N5O3S. The van der Waals surface area contributed by atoms with Gasteiger partial charge in [0.25, 0.3) is 0 Å². The number of fused-ring (bicyclic) bond motifs is 1. The van der Waals surface area contributed by atoms with Gasteiger partial charge in [0.2, 0.25) is 17.9 Å². The van der Waals surface area contributed by atoms with Crippen LogP contribution in [0.25, 0.3) is 5.69 Å². The molecule has 1 amide bonds. The first kappa shape index (κ1) is 18.3. The van der Waals surface area contributed by atoms with Crippen molar-refractivity contribution in [1.82, 2.24) is 20.2 Å². The molecule has 8 nitrogen and oxygen atoms in total. The Morgan fingerprint density at radius 1 is 1.18 bits per heavy atom. The van der Waals surface area contributed by atoms with Crippen LogP contribution in [0.4, 0.5) is 5.69 Å². The number of nitrogens with zero attached hydrogens (tertiary/aromatic N) is 4. The van der Waals surface area contributed by atoms with Crippen molar-refractivity contribution >= 4 is 23.4 Å². The number of ether oxygens (including phenoxy) is 2. The van der Waals surface area contributed by atoms with Crippen molar-refractivity contribution in [2.75, 3.05) is 12.1 Å². The van der Waals surface area contributed by atoms with Crippen molar-refractivity contribution in [3.8, 4) is 17.2 Å². The highest BCUT2D eigenvalue weighted by atomic mass is 32.2. The van der Waals surface area contributed by atoms with E-state index in [0.717, 1.165) is 11.3 Å². The van der Waals surface area contributed by atoms with Crippen molar-refractivity contribution in [3.05, 3.63) is 47.5 Å². The average molecular weight is 397 g/mol. The Morgan fingerprint density at radius 3 is 2.82 bits per heavy atom. The van der Waals surface area contributed by atoms with Crippen LogP contribution in [0.1, 0.15) is 18.1 Å². The van der Waals surface area contributed by atoms with Gasteiger partial charge < -0.3 is 14.8 Å². The molecule has 2 aromatic carbocycles. The number of nitrogens with one attached hydrogen (secondary N) is 1. The highest BCUT2D eigenvalue weighted by Gasteiger charge is 2.21. The summed E-state index contributed by atoms with van der Waals surface area (Å²) in [6.45, 7) is 6.05. The Bertz CT molecular complexity index is 1040. The molecule has 9 heteroatoms. The minimum absolute atomic E-state index is 0.154. The molecule has 1 aliphatic heterocycles. The zero-order chi connectivity index (χ0) is 19.7. The quantitative estimate of drug-likeness (QED) is 0.661. The van der Waals surface area contributed by atoms with Crippen LogP contribution in [-0.4, -0.2) is 38.2 Å². The van der Waals surface area contributed by atoms with E-state index in [1.807, 2.05) is 32.9 Å². The van der Waals surface area contributed by atoms with E-state index in [0.29, 0.717) is 22.3 Å². The van der Waals surface area contributed by atoms with Gasteiger partial charge in [0, 0.05) is 11.8 Å². The van der Waals surface area contributed by atoms with E-state index in [9.17, 15) is 4.79 Å². The summed E-state index contributed by atoms with van der Waals surface area (Å²) >= 11 is 1.30. The largest absolute Gasteiger partial charge is 0.454 e. The van der Waals surface area contributed by atoms with Crippen molar-refractivity contribution < 1.29 is 14.3 Å². The van der Waals surface area contributed by atoms with Gasteiger partial charge in [-0.3, -0.25) is 4.79 Å². The third-order valence-electron chi connectivity index (χ3n) is 4.31. The van der Waals surface area contributed by atoms with E-state index < -0.39 is 5.25 Å². The van der Waals surface area contributed by atoms with Crippen molar-refractivity contribution in [2.24, 2.45) is 0 Å². The molecule has 3 aromatic rings. The Balaban J connectivity index is 1.47. The van der Waals surface area contributed by atoms with Crippen LogP contribution >= 0.6 is 11.8 Å². The first-order valence-corrected chi connectivity index (χ1v) is 9.62. The van der Waals surface area contributed by atoms with Gasteiger partial charge in [-0.2, -0.15) is 4.68 Å². The van der Waals surface area contributed by atoms with Crippen LogP contribution in [0.15, 0.2) is 41.6 Å². The van der Waals surface area contributed by atoms with E-state index in [-0.39, 0.29) is 12.7 Å². The molecular weight excluding hydrogens is 378 g/mol. The second-order valence-corrected chi connectivity index (χ2v) is 7.79. The first-order valence-electron chi connectivity index (χ1n) is 8.74. The number of aromatic nitrogens is 4. The minimum Gasteiger partial charge on any atom is -0.454 e. The van der Waals surface area contributed by atoms with Crippen molar-refractivity contribution in [2.45, 2.75) is 31.2 Å². The number of carbonyl (C=O) groups is 1. The molecule has 0 spiro atoms. The zero-order valence-corrected chi connectivity index (χ0v) is 16.5. The molecule has 0 unspecified atom stereocenters. The molecule has 144 valence electrons. The van der Waals surface area contributed by atoms with Gasteiger partial charge in [-0.05, 0) is 55.0 Å². The van der Waals surface area contributed by atoms with E-state index in [1.54, 1.807) is 22.9 Å². The number of hydrogen-bond acceptors (Lipinski definition) is 7. The Kier molecular flexibility index (Phi) is 4.91. The summed E-state index contributed by atoms with van der Waals surface area (Å²) < 4.78 is 12.3. The van der Waals surface area contributed by atoms with Gasteiger partial charge in [-0.15, -0.1) is 5.10 Å². The fraction of sp³-hybridized carbons (Fsp3) is 0.263. The summed E-state index contributed by atoms with van der Waals surface area (Å²) in [4.78, 5) is 12.6. The molecule has 1 aromatic heterocycles. The number of tetrazole rings is 1. The standard InChI is InChI=1S/C19H19N5O3S/c1-11-4-6-15(12(2)8-11)24-19(21-22-23-24)28-13(3)18(25)20-14-5-7-16-17(9-14)27-10-26-16/h4-9,13H,10H2,1-3H3,(H,20,25)/t13-/m0/s1. The summed E-state index contributed by atoms with van der Waals surface area (Å²) in [5.74, 6) is 1.14. The summed E-state index contributed by atoms with van der Waals surface area (Å²) in [5, 5.41) is 15.0. The molecule has 1 N–H and O–H groups in total. The smallest absolute Gasteiger partial charge is 0.237 e. The molecule has 0 saturated heterocycles. The monoisotopic (exact) mass is 397 g/mol. The lowest BCUT2D eigenvalue weighted by Crippen LogP contribution is -2.23. The second-order valence-electron chi connectivity index (χ2n) is 6.48. The summed E-state index contributed by atoms with van der Waals surface area (Å²) in [7, 11) is 0. The third kappa shape index (κ3) is 3.65. The Labute approximate surface area is 166 Å². The first-order chi connectivity index (χ1) is 13.5. The highest BCUT2D eigenvalue weighted by molar-refractivity contribution is 8.00. The van der Waals surface area contributed by atoms with Crippen LogP contribution in [0.3, 0.4) is 0 Å². The van der Waals surface area contributed by atoms with E-state index in [4.69, 9.17) is 9.47 Å². The Hall–Kier alpha value is -3.07. The average Bonchev–Trinajstić information content (AvgIpc) is 3.30. The second kappa shape index (κ2) is 7.51. The van der Waals surface area contributed by atoms with E-state index in [1.165, 1.54) is 17.3 Å². The number of anilines is 1. The molecule has 1 atom stereocenters. The summed E-state index contributed by atoms with van der Waals surface area (Å²) in [5.41, 5.74) is 3.77. The number of amides is 1. The molecule has 0 fully saturated rings. The number of rotatable bonds is 5. The molecule has 0 saturated carbocycles. The van der Waals surface area contributed by atoms with Crippen molar-refractivity contribution in [3.63, 3.8) is 0 Å². The molecule has 0 radical (unpaired) electrons. The van der Waals surface area contributed by atoms with Crippen LogP contribution < -0.4 is 14.8 Å². The molecule has 4 rings (SSSR count). The van der Waals surface area contributed by atoms with Gasteiger partial charge >= 0.3 is 0 Å². The fourth-order valence-electron chi connectivity index (χ4n) is 2.88. The SMILES string of the molecule is Cc1ccc(-n2nnnc2S[C@@H](C)C(=O)Nc2ccc3c(c2)OCO3)c(C)c1. The van der Waals surface area contributed by atoms with Gasteiger partial charge in [0.1, 0.15) is 0 Å². The molecule has 2 heterocycles. The maximum Gasteiger partial charge on any atom is 0.237 e. The van der Waals surface area contributed by atoms with Gasteiger partial charge in [-0.1, -0.05) is 29.5 Å². The predicted molar refractivity (Wildman–Crippen MR) is 105 cm³/mol. The third-order valence-corrected chi connectivity index (χ3v) is 5.35. The summed E-state index contributed by atoms with van der Waals surface area (Å²) in [6.07, 6.45) is 0. The summed E-state index contributed by atoms with van der Waals surface area (Å²) in [6, 6.07) is 11.4. The highest BCUT2D eigenvalue weighted by Crippen LogP contribution is 2.34. The van der Waals surface area contributed by atoms with Gasteiger partial charge in [0.05, 0.1) is 10.9 Å². The van der Waals surface area contributed by atoms with Gasteiger partial charge in [0.15, 0.2) is 11.5 Å². The lowest BCUT2D eigenvalue weighted by Gasteiger charge is -2.13. The number of thioether (sulfide) groups is 1. The van der Waals surface area contributed by atoms with Crippen molar-refractivity contribution in [1.29, 1.82) is 0 Å². The molecule has 28 heavy (non-hydrogen) atoms. The lowest BCUT2D eigenvalue weighted by molar-refractivity contribution is -0.115. The minimum atomic E-state index is -0.402. The number of hydrogen-bond donors (Lipinski definition) is 1. The van der Waals surface area contributed by atoms with Crippen LogP contribution in [0.2, 0.25) is 0 Å². The maximum atomic E-state index is 12.6.